The van der Waals surface area contributed by atoms with Crippen LogP contribution in [0.25, 0.3) is 0 Å². The fourth-order valence-electron chi connectivity index (χ4n) is 3.95. The molecule has 2 aromatic carbocycles. The van der Waals surface area contributed by atoms with Gasteiger partial charge in [-0.15, -0.1) is 11.8 Å². The highest BCUT2D eigenvalue weighted by molar-refractivity contribution is 8.00. The lowest BCUT2D eigenvalue weighted by Gasteiger charge is -2.39. The van der Waals surface area contributed by atoms with Gasteiger partial charge in [0.25, 0.3) is 0 Å². The smallest absolute Gasteiger partial charge is 0.234 e. The van der Waals surface area contributed by atoms with Crippen molar-refractivity contribution in [3.63, 3.8) is 0 Å². The van der Waals surface area contributed by atoms with Gasteiger partial charge in [-0.2, -0.15) is 0 Å². The molecule has 2 fully saturated rings. The maximum Gasteiger partial charge on any atom is 0.234 e. The van der Waals surface area contributed by atoms with E-state index in [2.05, 4.69) is 29.2 Å². The van der Waals surface area contributed by atoms with Crippen LogP contribution in [0, 0.1) is 5.82 Å². The van der Waals surface area contributed by atoms with Crippen molar-refractivity contribution in [2.24, 2.45) is 0 Å². The van der Waals surface area contributed by atoms with Crippen molar-refractivity contribution in [1.82, 2.24) is 9.80 Å². The van der Waals surface area contributed by atoms with E-state index in [9.17, 15) is 9.18 Å². The number of hydrogen-bond donors (Lipinski definition) is 0. The number of carbonyl (C=O) groups excluding carboxylic acids is 1. The second-order valence-electron chi connectivity index (χ2n) is 7.01. The minimum Gasteiger partial charge on any atom is -0.323 e. The van der Waals surface area contributed by atoms with Crippen molar-refractivity contribution >= 4 is 17.7 Å². The molecule has 3 nitrogen and oxygen atoms in total. The van der Waals surface area contributed by atoms with Gasteiger partial charge in [0.1, 0.15) is 11.2 Å². The average molecular weight is 370 g/mol. The fraction of sp³-hybridized carbons (Fsp3) is 0.381. The molecule has 1 unspecified atom stereocenters. The maximum atomic E-state index is 13.6. The molecule has 4 rings (SSSR count). The van der Waals surface area contributed by atoms with Gasteiger partial charge in [0, 0.05) is 25.7 Å². The number of halogens is 1. The van der Waals surface area contributed by atoms with Crippen molar-refractivity contribution in [2.45, 2.75) is 30.8 Å². The highest BCUT2D eigenvalue weighted by Crippen LogP contribution is 2.41. The predicted molar refractivity (Wildman–Crippen MR) is 103 cm³/mol. The van der Waals surface area contributed by atoms with Crippen LogP contribution in [0.3, 0.4) is 0 Å². The van der Waals surface area contributed by atoms with Crippen LogP contribution >= 0.6 is 11.8 Å². The molecule has 2 heterocycles. The minimum atomic E-state index is -0.236. The Labute approximate surface area is 158 Å². The quantitative estimate of drug-likeness (QED) is 0.811. The minimum absolute atomic E-state index is 0.0520. The molecule has 5 heteroatoms. The average Bonchev–Trinajstić information content (AvgIpc) is 3.05. The summed E-state index contributed by atoms with van der Waals surface area (Å²) in [6, 6.07) is 17.4. The van der Waals surface area contributed by atoms with Crippen LogP contribution in [0.15, 0.2) is 54.6 Å². The van der Waals surface area contributed by atoms with Gasteiger partial charge in [-0.25, -0.2) is 4.39 Å². The summed E-state index contributed by atoms with van der Waals surface area (Å²) in [7, 11) is 0. The third-order valence-electron chi connectivity index (χ3n) is 5.24. The van der Waals surface area contributed by atoms with Crippen LogP contribution in [0.4, 0.5) is 4.39 Å². The van der Waals surface area contributed by atoms with E-state index in [0.717, 1.165) is 38.0 Å². The molecular formula is C21H23FN2OS. The van der Waals surface area contributed by atoms with Gasteiger partial charge >= 0.3 is 0 Å². The molecule has 0 aromatic heterocycles. The molecule has 2 aromatic rings. The summed E-state index contributed by atoms with van der Waals surface area (Å²) in [6.07, 6.45) is 1.95. The highest BCUT2D eigenvalue weighted by Gasteiger charge is 2.38. The second-order valence-corrected chi connectivity index (χ2v) is 8.08. The molecule has 0 aliphatic carbocycles. The van der Waals surface area contributed by atoms with Gasteiger partial charge in [0.05, 0.1) is 5.75 Å². The lowest BCUT2D eigenvalue weighted by molar-refractivity contribution is -0.131. The lowest BCUT2D eigenvalue weighted by atomic mass is 10.0. The monoisotopic (exact) mass is 370 g/mol. The summed E-state index contributed by atoms with van der Waals surface area (Å²) >= 11 is 1.61. The number of rotatable bonds is 4. The molecule has 0 spiro atoms. The number of hydrogen-bond acceptors (Lipinski definition) is 3. The summed E-state index contributed by atoms with van der Waals surface area (Å²) < 4.78 is 13.6. The van der Waals surface area contributed by atoms with Crippen LogP contribution in [0.2, 0.25) is 0 Å². The Hall–Kier alpha value is -1.85. The normalized spacial score (nSPS) is 22.1. The number of carbonyl (C=O) groups is 1. The largest absolute Gasteiger partial charge is 0.323 e. The van der Waals surface area contributed by atoms with E-state index in [0.29, 0.717) is 5.75 Å². The lowest BCUT2D eigenvalue weighted by Crippen LogP contribution is -2.46. The molecule has 2 aliphatic heterocycles. The molecule has 2 aliphatic rings. The first-order chi connectivity index (χ1) is 12.7. The molecule has 1 amide bonds. The summed E-state index contributed by atoms with van der Waals surface area (Å²) in [6.45, 7) is 2.94. The molecule has 1 atom stereocenters. The Morgan fingerprint density at radius 3 is 2.54 bits per heavy atom. The van der Waals surface area contributed by atoms with Crippen molar-refractivity contribution in [3.8, 4) is 0 Å². The number of benzene rings is 2. The van der Waals surface area contributed by atoms with Crippen LogP contribution in [-0.4, -0.2) is 40.6 Å². The second kappa shape index (κ2) is 7.80. The van der Waals surface area contributed by atoms with Gasteiger partial charge in [-0.3, -0.25) is 9.69 Å². The Balaban J connectivity index is 1.41. The van der Waals surface area contributed by atoms with E-state index >= 15 is 0 Å². The van der Waals surface area contributed by atoms with E-state index in [-0.39, 0.29) is 23.1 Å². The molecule has 2 saturated heterocycles. The first-order valence-electron chi connectivity index (χ1n) is 9.15. The molecule has 0 saturated carbocycles. The molecule has 0 bridgehead atoms. The number of thioether (sulfide) groups is 1. The Kier molecular flexibility index (Phi) is 5.27. The van der Waals surface area contributed by atoms with Gasteiger partial charge in [0.15, 0.2) is 0 Å². The molecule has 26 heavy (non-hydrogen) atoms. The van der Waals surface area contributed by atoms with Crippen molar-refractivity contribution in [2.75, 3.05) is 18.8 Å². The summed E-state index contributed by atoms with van der Waals surface area (Å²) in [5, 5.41) is -0.0520. The Bertz CT molecular complexity index is 762. The first kappa shape index (κ1) is 17.6. The van der Waals surface area contributed by atoms with E-state index in [1.54, 1.807) is 23.9 Å². The number of likely N-dealkylation sites (tertiary alicyclic amines) is 1. The molecular weight excluding hydrogens is 347 g/mol. The fourth-order valence-corrected chi connectivity index (χ4v) is 5.18. The SMILES string of the molecule is O=C1CSC(c2cccc(F)c2)N1C1CCN(Cc2ccccc2)CC1. The number of piperidine rings is 1. The standard InChI is InChI=1S/C21H23FN2OS/c22-18-8-4-7-17(13-18)21-24(20(25)15-26-21)19-9-11-23(12-10-19)14-16-5-2-1-3-6-16/h1-8,13,19,21H,9-12,14-15H2. The van der Waals surface area contributed by atoms with E-state index in [1.807, 2.05) is 17.0 Å². The van der Waals surface area contributed by atoms with E-state index in [4.69, 9.17) is 0 Å². The molecule has 136 valence electrons. The number of nitrogens with zero attached hydrogens (tertiary/aromatic N) is 2. The van der Waals surface area contributed by atoms with Crippen molar-refractivity contribution in [3.05, 3.63) is 71.5 Å². The van der Waals surface area contributed by atoms with Gasteiger partial charge in [-0.05, 0) is 36.1 Å². The Morgan fingerprint density at radius 1 is 1.04 bits per heavy atom. The molecule has 0 radical (unpaired) electrons. The first-order valence-corrected chi connectivity index (χ1v) is 10.2. The predicted octanol–water partition coefficient (Wildman–Crippen LogP) is 4.06. The van der Waals surface area contributed by atoms with Gasteiger partial charge in [-0.1, -0.05) is 42.5 Å². The van der Waals surface area contributed by atoms with Crippen LogP contribution in [0.5, 0.6) is 0 Å². The summed E-state index contributed by atoms with van der Waals surface area (Å²) in [4.78, 5) is 17.0. The third kappa shape index (κ3) is 3.79. The zero-order valence-corrected chi connectivity index (χ0v) is 15.5. The van der Waals surface area contributed by atoms with E-state index in [1.165, 1.54) is 11.6 Å². The third-order valence-corrected chi connectivity index (χ3v) is 6.47. The van der Waals surface area contributed by atoms with Gasteiger partial charge < -0.3 is 4.90 Å². The van der Waals surface area contributed by atoms with Crippen molar-refractivity contribution in [1.29, 1.82) is 0 Å². The Morgan fingerprint density at radius 2 is 1.81 bits per heavy atom. The van der Waals surface area contributed by atoms with Crippen LogP contribution in [0.1, 0.15) is 29.3 Å². The van der Waals surface area contributed by atoms with Gasteiger partial charge in [0.2, 0.25) is 5.91 Å². The summed E-state index contributed by atoms with van der Waals surface area (Å²) in [5.74, 6) is 0.441. The number of amides is 1. The highest BCUT2D eigenvalue weighted by atomic mass is 32.2. The zero-order chi connectivity index (χ0) is 17.9. The van der Waals surface area contributed by atoms with Crippen LogP contribution in [-0.2, 0) is 11.3 Å². The zero-order valence-electron chi connectivity index (χ0n) is 14.7. The topological polar surface area (TPSA) is 23.6 Å². The summed E-state index contributed by atoms with van der Waals surface area (Å²) in [5.41, 5.74) is 2.23. The van der Waals surface area contributed by atoms with Crippen LogP contribution < -0.4 is 0 Å². The molecule has 0 N–H and O–H groups in total. The van der Waals surface area contributed by atoms with Crippen molar-refractivity contribution < 1.29 is 9.18 Å². The van der Waals surface area contributed by atoms with E-state index < -0.39 is 0 Å². The maximum absolute atomic E-state index is 13.6.